The van der Waals surface area contributed by atoms with Crippen molar-refractivity contribution in [3.8, 4) is 0 Å². The molecule has 1 aromatic rings. The first-order valence-corrected chi connectivity index (χ1v) is 6.69. The Kier molecular flexibility index (Phi) is 4.36. The van der Waals surface area contributed by atoms with Crippen LogP contribution in [0.3, 0.4) is 0 Å². The van der Waals surface area contributed by atoms with Crippen LogP contribution in [0.5, 0.6) is 0 Å². The van der Waals surface area contributed by atoms with Gasteiger partial charge in [-0.3, -0.25) is 0 Å². The van der Waals surface area contributed by atoms with Gasteiger partial charge in [0, 0.05) is 31.9 Å². The van der Waals surface area contributed by atoms with Crippen molar-refractivity contribution in [2.24, 2.45) is 0 Å². The van der Waals surface area contributed by atoms with Crippen LogP contribution in [-0.4, -0.2) is 54.6 Å². The molecule has 1 saturated heterocycles. The second kappa shape index (κ2) is 6.00. The zero-order valence-electron chi connectivity index (χ0n) is 11.6. The van der Waals surface area contributed by atoms with Crippen molar-refractivity contribution >= 4 is 11.8 Å². The van der Waals surface area contributed by atoms with Crippen LogP contribution in [-0.2, 0) is 0 Å². The number of nitrogens with one attached hydrogen (secondary N) is 1. The second-order valence-corrected chi connectivity index (χ2v) is 5.02. The monoisotopic (exact) mass is 249 g/mol. The molecular formula is C13H23N5. The van der Waals surface area contributed by atoms with E-state index in [2.05, 4.69) is 46.1 Å². The maximum atomic E-state index is 4.59. The fourth-order valence-electron chi connectivity index (χ4n) is 2.50. The van der Waals surface area contributed by atoms with Crippen molar-refractivity contribution < 1.29 is 0 Å². The molecule has 0 aromatic carbocycles. The van der Waals surface area contributed by atoms with Crippen molar-refractivity contribution in [2.75, 3.05) is 43.9 Å². The van der Waals surface area contributed by atoms with Crippen LogP contribution < -0.4 is 10.2 Å². The average molecular weight is 249 g/mol. The van der Waals surface area contributed by atoms with Crippen molar-refractivity contribution in [1.82, 2.24) is 14.9 Å². The van der Waals surface area contributed by atoms with Crippen LogP contribution in [0.1, 0.15) is 19.8 Å². The highest BCUT2D eigenvalue weighted by atomic mass is 15.3. The maximum Gasteiger partial charge on any atom is 0.224 e. The van der Waals surface area contributed by atoms with Crippen molar-refractivity contribution in [3.05, 3.63) is 12.3 Å². The van der Waals surface area contributed by atoms with Gasteiger partial charge in [0.15, 0.2) is 0 Å². The lowest BCUT2D eigenvalue weighted by atomic mass is 10.2. The molecule has 1 atom stereocenters. The van der Waals surface area contributed by atoms with E-state index in [4.69, 9.17) is 0 Å². The van der Waals surface area contributed by atoms with Gasteiger partial charge in [-0.15, -0.1) is 0 Å². The number of nitrogens with zero attached hydrogens (tertiary/aromatic N) is 4. The summed E-state index contributed by atoms with van der Waals surface area (Å²) in [6, 6.07) is 2.58. The van der Waals surface area contributed by atoms with E-state index in [1.807, 2.05) is 12.3 Å². The van der Waals surface area contributed by atoms with Gasteiger partial charge in [-0.25, -0.2) is 4.98 Å². The molecule has 0 bridgehead atoms. The van der Waals surface area contributed by atoms with E-state index in [1.165, 1.54) is 12.8 Å². The molecule has 0 saturated carbocycles. The molecule has 1 N–H and O–H groups in total. The predicted octanol–water partition coefficient (Wildman–Crippen LogP) is 1.44. The van der Waals surface area contributed by atoms with Gasteiger partial charge >= 0.3 is 0 Å². The first-order chi connectivity index (χ1) is 8.70. The number of hydrogen-bond acceptors (Lipinski definition) is 5. The highest BCUT2D eigenvalue weighted by molar-refractivity contribution is 5.44. The maximum absolute atomic E-state index is 4.59. The summed E-state index contributed by atoms with van der Waals surface area (Å²) < 4.78 is 0. The molecule has 1 unspecified atom stereocenters. The molecule has 1 aromatic heterocycles. The summed E-state index contributed by atoms with van der Waals surface area (Å²) in [4.78, 5) is 13.5. The summed E-state index contributed by atoms with van der Waals surface area (Å²) in [5.74, 6) is 1.77. The number of hydrogen-bond donors (Lipinski definition) is 1. The fourth-order valence-corrected chi connectivity index (χ4v) is 2.50. The highest BCUT2D eigenvalue weighted by Crippen LogP contribution is 2.24. The Balaban J connectivity index is 2.11. The molecule has 0 radical (unpaired) electrons. The number of rotatable bonds is 5. The van der Waals surface area contributed by atoms with Gasteiger partial charge < -0.3 is 15.1 Å². The fraction of sp³-hybridized carbons (Fsp3) is 0.692. The van der Waals surface area contributed by atoms with E-state index in [1.54, 1.807) is 0 Å². The van der Waals surface area contributed by atoms with Gasteiger partial charge in [-0.2, -0.15) is 4.98 Å². The Bertz CT molecular complexity index is 379. The summed E-state index contributed by atoms with van der Waals surface area (Å²) >= 11 is 0. The van der Waals surface area contributed by atoms with Crippen LogP contribution in [0.25, 0.3) is 0 Å². The molecule has 1 fully saturated rings. The number of likely N-dealkylation sites (N-methyl/N-ethyl adjacent to an activating group) is 1. The third-order valence-electron chi connectivity index (χ3n) is 3.22. The Morgan fingerprint density at radius 1 is 1.50 bits per heavy atom. The molecule has 5 heteroatoms. The van der Waals surface area contributed by atoms with E-state index >= 15 is 0 Å². The molecule has 100 valence electrons. The standard InChI is InChI=1S/C13H23N5/c1-4-14-13-15-8-7-12(16-13)18-9-5-6-11(18)10-17(2)3/h7-8,11H,4-6,9-10H2,1-3H3,(H,14,15,16). The Labute approximate surface area is 109 Å². The molecule has 2 heterocycles. The zero-order chi connectivity index (χ0) is 13.0. The molecule has 18 heavy (non-hydrogen) atoms. The minimum absolute atomic E-state index is 0.573. The van der Waals surface area contributed by atoms with Crippen molar-refractivity contribution in [2.45, 2.75) is 25.8 Å². The Morgan fingerprint density at radius 3 is 3.06 bits per heavy atom. The topological polar surface area (TPSA) is 44.3 Å². The lowest BCUT2D eigenvalue weighted by molar-refractivity contribution is 0.371. The van der Waals surface area contributed by atoms with Crippen LogP contribution in [0.4, 0.5) is 11.8 Å². The molecule has 2 rings (SSSR count). The lowest BCUT2D eigenvalue weighted by Gasteiger charge is -2.28. The lowest BCUT2D eigenvalue weighted by Crippen LogP contribution is -2.38. The van der Waals surface area contributed by atoms with E-state index in [0.717, 1.165) is 31.4 Å². The van der Waals surface area contributed by atoms with Gasteiger partial charge in [0.05, 0.1) is 0 Å². The van der Waals surface area contributed by atoms with Gasteiger partial charge in [0.2, 0.25) is 5.95 Å². The zero-order valence-corrected chi connectivity index (χ0v) is 11.6. The molecule has 0 spiro atoms. The van der Waals surface area contributed by atoms with Crippen molar-refractivity contribution in [1.29, 1.82) is 0 Å². The quantitative estimate of drug-likeness (QED) is 0.855. The predicted molar refractivity (Wildman–Crippen MR) is 75.1 cm³/mol. The number of aromatic nitrogens is 2. The van der Waals surface area contributed by atoms with Gasteiger partial charge in [0.25, 0.3) is 0 Å². The van der Waals surface area contributed by atoms with E-state index in [0.29, 0.717) is 6.04 Å². The summed E-state index contributed by atoms with van der Waals surface area (Å²) in [5, 5.41) is 3.17. The van der Waals surface area contributed by atoms with Gasteiger partial charge in [-0.1, -0.05) is 0 Å². The first kappa shape index (κ1) is 13.1. The molecule has 1 aliphatic rings. The molecular weight excluding hydrogens is 226 g/mol. The summed E-state index contributed by atoms with van der Waals surface area (Å²) in [6.45, 7) is 5.09. The molecule has 0 amide bonds. The van der Waals surface area contributed by atoms with Gasteiger partial charge in [-0.05, 0) is 39.9 Å². The van der Waals surface area contributed by atoms with Crippen LogP contribution in [0, 0.1) is 0 Å². The Morgan fingerprint density at radius 2 is 2.33 bits per heavy atom. The van der Waals surface area contributed by atoms with Crippen molar-refractivity contribution in [3.63, 3.8) is 0 Å². The molecule has 1 aliphatic heterocycles. The minimum atomic E-state index is 0.573. The number of anilines is 2. The molecule has 5 nitrogen and oxygen atoms in total. The van der Waals surface area contributed by atoms with Crippen LogP contribution in [0.2, 0.25) is 0 Å². The largest absolute Gasteiger partial charge is 0.354 e. The van der Waals surface area contributed by atoms with E-state index < -0.39 is 0 Å². The molecule has 0 aliphatic carbocycles. The van der Waals surface area contributed by atoms with Crippen LogP contribution in [0.15, 0.2) is 12.3 Å². The SMILES string of the molecule is CCNc1nccc(N2CCCC2CN(C)C)n1. The highest BCUT2D eigenvalue weighted by Gasteiger charge is 2.26. The van der Waals surface area contributed by atoms with E-state index in [-0.39, 0.29) is 0 Å². The first-order valence-electron chi connectivity index (χ1n) is 6.69. The van der Waals surface area contributed by atoms with Crippen LogP contribution >= 0.6 is 0 Å². The third kappa shape index (κ3) is 3.10. The summed E-state index contributed by atoms with van der Waals surface area (Å²) in [6.07, 6.45) is 4.34. The van der Waals surface area contributed by atoms with E-state index in [9.17, 15) is 0 Å². The normalized spacial score (nSPS) is 19.6. The summed E-state index contributed by atoms with van der Waals surface area (Å²) in [5.41, 5.74) is 0. The van der Waals surface area contributed by atoms with Gasteiger partial charge in [0.1, 0.15) is 5.82 Å². The second-order valence-electron chi connectivity index (χ2n) is 5.02. The average Bonchev–Trinajstić information content (AvgIpc) is 2.77. The third-order valence-corrected chi connectivity index (χ3v) is 3.22. The Hall–Kier alpha value is -1.36. The smallest absolute Gasteiger partial charge is 0.224 e. The summed E-state index contributed by atoms with van der Waals surface area (Å²) in [7, 11) is 4.25. The minimum Gasteiger partial charge on any atom is -0.354 e.